The summed E-state index contributed by atoms with van der Waals surface area (Å²) in [6.07, 6.45) is 1.68. The van der Waals surface area contributed by atoms with E-state index in [0.717, 1.165) is 11.1 Å². The summed E-state index contributed by atoms with van der Waals surface area (Å²) in [6, 6.07) is 3.46. The zero-order valence-electron chi connectivity index (χ0n) is 10.2. The summed E-state index contributed by atoms with van der Waals surface area (Å²) < 4.78 is 26.8. The maximum Gasteiger partial charge on any atom is 0.131 e. The minimum atomic E-state index is -0.571. The molecule has 1 heterocycles. The van der Waals surface area contributed by atoms with Crippen LogP contribution >= 0.6 is 11.3 Å². The highest BCUT2D eigenvalue weighted by atomic mass is 32.1. The summed E-state index contributed by atoms with van der Waals surface area (Å²) in [5, 5.41) is 5.86. The van der Waals surface area contributed by atoms with E-state index in [9.17, 15) is 8.78 Å². The molecule has 0 bridgehead atoms. The van der Waals surface area contributed by atoms with Crippen molar-refractivity contribution in [3.05, 3.63) is 52.0 Å². The number of nitrogens with zero attached hydrogens (tertiary/aromatic N) is 1. The Morgan fingerprint density at radius 2 is 2.06 bits per heavy atom. The lowest BCUT2D eigenvalue weighted by Crippen LogP contribution is -2.29. The molecule has 96 valence electrons. The first-order valence-corrected chi connectivity index (χ1v) is 6.56. The molecule has 2 rings (SSSR count). The second-order valence-electron chi connectivity index (χ2n) is 4.29. The van der Waals surface area contributed by atoms with Crippen molar-refractivity contribution in [1.29, 1.82) is 0 Å². The van der Waals surface area contributed by atoms with Gasteiger partial charge in [-0.25, -0.2) is 13.8 Å². The molecule has 5 heteroatoms. The summed E-state index contributed by atoms with van der Waals surface area (Å²) >= 11 is 1.45. The van der Waals surface area contributed by atoms with Gasteiger partial charge in [0.1, 0.15) is 16.6 Å². The number of halogens is 2. The van der Waals surface area contributed by atoms with Crippen molar-refractivity contribution in [3.8, 4) is 0 Å². The molecule has 0 spiro atoms. The Balaban J connectivity index is 2.40. The van der Waals surface area contributed by atoms with Gasteiger partial charge in [0.2, 0.25) is 0 Å². The minimum absolute atomic E-state index is 0.170. The number of hydrogen-bond acceptors (Lipinski definition) is 3. The van der Waals surface area contributed by atoms with Crippen molar-refractivity contribution in [1.82, 2.24) is 10.3 Å². The Morgan fingerprint density at radius 3 is 2.61 bits per heavy atom. The minimum Gasteiger partial charge on any atom is -0.302 e. The van der Waals surface area contributed by atoms with Crippen molar-refractivity contribution < 1.29 is 8.78 Å². The van der Waals surface area contributed by atoms with Crippen LogP contribution in [0.25, 0.3) is 0 Å². The van der Waals surface area contributed by atoms with Crippen LogP contribution in [0.15, 0.2) is 29.8 Å². The molecular weight excluding hydrogens is 254 g/mol. The average Bonchev–Trinajstić information content (AvgIpc) is 2.79. The van der Waals surface area contributed by atoms with E-state index in [1.54, 1.807) is 6.20 Å². The number of aromatic nitrogens is 1. The Hall–Kier alpha value is -1.33. The smallest absolute Gasteiger partial charge is 0.131 e. The fourth-order valence-electron chi connectivity index (χ4n) is 1.74. The predicted octanol–water partition coefficient (Wildman–Crippen LogP) is 3.51. The molecule has 18 heavy (non-hydrogen) atoms. The van der Waals surface area contributed by atoms with Gasteiger partial charge in [0.15, 0.2) is 0 Å². The molecule has 1 N–H and O–H groups in total. The van der Waals surface area contributed by atoms with Crippen LogP contribution in [-0.4, -0.2) is 11.0 Å². The Labute approximate surface area is 109 Å². The van der Waals surface area contributed by atoms with Crippen LogP contribution in [-0.2, 0) is 0 Å². The first-order valence-electron chi connectivity index (χ1n) is 5.68. The zero-order chi connectivity index (χ0) is 13.1. The van der Waals surface area contributed by atoms with E-state index in [4.69, 9.17) is 0 Å². The quantitative estimate of drug-likeness (QED) is 0.918. The topological polar surface area (TPSA) is 24.9 Å². The molecule has 2 aromatic rings. The van der Waals surface area contributed by atoms with Gasteiger partial charge in [0.25, 0.3) is 0 Å². The van der Waals surface area contributed by atoms with Gasteiger partial charge in [-0.1, -0.05) is 6.07 Å². The standard InChI is InChI=1S/C13H14F2N2S/c1-8(2)17-12(13-16-5-6-18-13)10-4-3-9(14)7-11(10)15/h3-8,12,17H,1-2H3. The monoisotopic (exact) mass is 268 g/mol. The van der Waals surface area contributed by atoms with Gasteiger partial charge < -0.3 is 5.32 Å². The third-order valence-electron chi connectivity index (χ3n) is 2.47. The zero-order valence-corrected chi connectivity index (χ0v) is 11.0. The second-order valence-corrected chi connectivity index (χ2v) is 5.22. The van der Waals surface area contributed by atoms with E-state index >= 15 is 0 Å². The summed E-state index contributed by atoms with van der Waals surface area (Å²) in [6.45, 7) is 3.95. The maximum absolute atomic E-state index is 13.8. The number of thiazole rings is 1. The fraction of sp³-hybridized carbons (Fsp3) is 0.308. The van der Waals surface area contributed by atoms with E-state index in [2.05, 4.69) is 10.3 Å². The van der Waals surface area contributed by atoms with Crippen LogP contribution in [0.1, 0.15) is 30.5 Å². The van der Waals surface area contributed by atoms with Gasteiger partial charge in [-0.3, -0.25) is 0 Å². The van der Waals surface area contributed by atoms with Crippen LogP contribution in [0.5, 0.6) is 0 Å². The normalized spacial score (nSPS) is 12.9. The average molecular weight is 268 g/mol. The van der Waals surface area contributed by atoms with Gasteiger partial charge in [-0.15, -0.1) is 11.3 Å². The van der Waals surface area contributed by atoms with Crippen molar-refractivity contribution in [3.63, 3.8) is 0 Å². The van der Waals surface area contributed by atoms with Gasteiger partial charge in [-0.2, -0.15) is 0 Å². The van der Waals surface area contributed by atoms with Crippen LogP contribution in [0, 0.1) is 11.6 Å². The van der Waals surface area contributed by atoms with Crippen LogP contribution in [0.3, 0.4) is 0 Å². The Bertz CT molecular complexity index is 512. The molecule has 0 aliphatic rings. The first-order chi connectivity index (χ1) is 8.58. The summed E-state index contributed by atoms with van der Waals surface area (Å²) in [5.41, 5.74) is 0.417. The molecular formula is C13H14F2N2S. The van der Waals surface area contributed by atoms with E-state index in [0.29, 0.717) is 5.56 Å². The summed E-state index contributed by atoms with van der Waals surface area (Å²) in [5.74, 6) is -1.12. The third-order valence-corrected chi connectivity index (χ3v) is 3.31. The van der Waals surface area contributed by atoms with E-state index in [-0.39, 0.29) is 12.1 Å². The molecule has 1 aromatic heterocycles. The third kappa shape index (κ3) is 2.91. The van der Waals surface area contributed by atoms with E-state index in [1.807, 2.05) is 19.2 Å². The molecule has 0 radical (unpaired) electrons. The predicted molar refractivity (Wildman–Crippen MR) is 68.6 cm³/mol. The van der Waals surface area contributed by atoms with Crippen molar-refractivity contribution in [2.45, 2.75) is 25.9 Å². The second kappa shape index (κ2) is 5.54. The van der Waals surface area contributed by atoms with Crippen LogP contribution in [0.4, 0.5) is 8.78 Å². The molecule has 0 saturated heterocycles. The molecule has 0 fully saturated rings. The van der Waals surface area contributed by atoms with Crippen molar-refractivity contribution in [2.75, 3.05) is 0 Å². The largest absolute Gasteiger partial charge is 0.302 e. The van der Waals surface area contributed by atoms with E-state index in [1.165, 1.54) is 23.5 Å². The first kappa shape index (κ1) is 13.1. The number of nitrogens with one attached hydrogen (secondary N) is 1. The lowest BCUT2D eigenvalue weighted by Gasteiger charge is -2.20. The SMILES string of the molecule is CC(C)NC(c1nccs1)c1ccc(F)cc1F. The summed E-state index contributed by atoms with van der Waals surface area (Å²) in [4.78, 5) is 4.21. The van der Waals surface area contributed by atoms with Crippen molar-refractivity contribution >= 4 is 11.3 Å². The van der Waals surface area contributed by atoms with Gasteiger partial charge in [-0.05, 0) is 19.9 Å². The summed E-state index contributed by atoms with van der Waals surface area (Å²) in [7, 11) is 0. The van der Waals surface area contributed by atoms with Gasteiger partial charge >= 0.3 is 0 Å². The molecule has 0 aliphatic heterocycles. The Morgan fingerprint density at radius 1 is 1.28 bits per heavy atom. The van der Waals surface area contributed by atoms with Crippen LogP contribution in [0.2, 0.25) is 0 Å². The van der Waals surface area contributed by atoms with E-state index < -0.39 is 11.6 Å². The van der Waals surface area contributed by atoms with Gasteiger partial charge in [0.05, 0.1) is 6.04 Å². The molecule has 1 aromatic carbocycles. The van der Waals surface area contributed by atoms with Gasteiger partial charge in [0, 0.05) is 29.2 Å². The lowest BCUT2D eigenvalue weighted by atomic mass is 10.1. The van der Waals surface area contributed by atoms with Crippen LogP contribution < -0.4 is 5.32 Å². The molecule has 0 aliphatic carbocycles. The lowest BCUT2D eigenvalue weighted by molar-refractivity contribution is 0.496. The molecule has 2 nitrogen and oxygen atoms in total. The number of hydrogen-bond donors (Lipinski definition) is 1. The number of benzene rings is 1. The maximum atomic E-state index is 13.8. The molecule has 0 saturated carbocycles. The Kier molecular flexibility index (Phi) is 4.04. The highest BCUT2D eigenvalue weighted by molar-refractivity contribution is 7.09. The highest BCUT2D eigenvalue weighted by Crippen LogP contribution is 2.26. The fourth-order valence-corrected chi connectivity index (χ4v) is 2.45. The molecule has 1 atom stereocenters. The molecule has 0 amide bonds. The number of rotatable bonds is 4. The van der Waals surface area contributed by atoms with Crippen molar-refractivity contribution in [2.24, 2.45) is 0 Å². The highest BCUT2D eigenvalue weighted by Gasteiger charge is 2.21. The molecule has 1 unspecified atom stereocenters.